The quantitative estimate of drug-likeness (QED) is 0.840. The number of thioether (sulfide) groups is 1. The summed E-state index contributed by atoms with van der Waals surface area (Å²) in [4.78, 5) is 14.2. The predicted molar refractivity (Wildman–Crippen MR) is 98.1 cm³/mol. The Kier molecular flexibility index (Phi) is 9.25. The van der Waals surface area contributed by atoms with Gasteiger partial charge in [-0.1, -0.05) is 23.7 Å². The number of nitrogens with zero attached hydrogens (tertiary/aromatic N) is 1. The lowest BCUT2D eigenvalue weighted by molar-refractivity contribution is -0.129. The highest BCUT2D eigenvalue weighted by molar-refractivity contribution is 7.99. The number of piperidine rings is 1. The number of carbonyl (C=O) groups is 1. The third-order valence-corrected chi connectivity index (χ3v) is 5.11. The van der Waals surface area contributed by atoms with Gasteiger partial charge in [-0.25, -0.2) is 0 Å². The van der Waals surface area contributed by atoms with Crippen LogP contribution in [-0.4, -0.2) is 43.2 Å². The van der Waals surface area contributed by atoms with Crippen molar-refractivity contribution in [2.75, 3.05) is 32.4 Å². The molecule has 0 atom stereocenters. The third-order valence-electron chi connectivity index (χ3n) is 3.87. The van der Waals surface area contributed by atoms with Crippen LogP contribution in [0.1, 0.15) is 18.4 Å². The van der Waals surface area contributed by atoms with Gasteiger partial charge in [0, 0.05) is 23.9 Å². The summed E-state index contributed by atoms with van der Waals surface area (Å²) < 4.78 is 0. The van der Waals surface area contributed by atoms with E-state index in [0.29, 0.717) is 5.75 Å². The normalized spacial score (nSPS) is 15.5. The Morgan fingerprint density at radius 1 is 1.32 bits per heavy atom. The molecule has 1 N–H and O–H groups in total. The van der Waals surface area contributed by atoms with Crippen LogP contribution < -0.4 is 5.32 Å². The molecule has 0 spiro atoms. The summed E-state index contributed by atoms with van der Waals surface area (Å²) in [6.45, 7) is 2.88. The molecule has 0 unspecified atom stereocenters. The van der Waals surface area contributed by atoms with E-state index < -0.39 is 0 Å². The van der Waals surface area contributed by atoms with E-state index in [9.17, 15) is 4.79 Å². The molecule has 2 rings (SSSR count). The van der Waals surface area contributed by atoms with Gasteiger partial charge in [-0.05, 0) is 50.0 Å². The van der Waals surface area contributed by atoms with Crippen LogP contribution in [0.3, 0.4) is 0 Å². The molecule has 1 aromatic rings. The lowest BCUT2D eigenvalue weighted by atomic mass is 9.97. The summed E-state index contributed by atoms with van der Waals surface area (Å²) in [7, 11) is 1.99. The van der Waals surface area contributed by atoms with Crippen molar-refractivity contribution in [2.45, 2.75) is 18.6 Å². The van der Waals surface area contributed by atoms with Crippen LogP contribution in [0, 0.1) is 5.92 Å². The molecule has 124 valence electrons. The van der Waals surface area contributed by atoms with E-state index in [1.165, 1.54) is 5.56 Å². The summed E-state index contributed by atoms with van der Waals surface area (Å²) in [5, 5.41) is 3.97. The summed E-state index contributed by atoms with van der Waals surface area (Å²) in [6, 6.07) is 7.82. The Labute approximate surface area is 148 Å². The number of halogens is 2. The minimum Gasteiger partial charge on any atom is -0.342 e. The minimum atomic E-state index is 0. The van der Waals surface area contributed by atoms with Crippen LogP contribution in [0.25, 0.3) is 0 Å². The van der Waals surface area contributed by atoms with E-state index >= 15 is 0 Å². The summed E-state index contributed by atoms with van der Waals surface area (Å²) in [5.74, 6) is 2.43. The van der Waals surface area contributed by atoms with Gasteiger partial charge in [-0.3, -0.25) is 4.79 Å². The zero-order valence-corrected chi connectivity index (χ0v) is 15.3. The van der Waals surface area contributed by atoms with Crippen LogP contribution in [0.15, 0.2) is 24.3 Å². The molecule has 6 heteroatoms. The number of rotatable bonds is 6. The van der Waals surface area contributed by atoms with Crippen molar-refractivity contribution in [2.24, 2.45) is 5.92 Å². The average Bonchev–Trinajstić information content (AvgIpc) is 2.50. The lowest BCUT2D eigenvalue weighted by Crippen LogP contribution is -2.41. The Morgan fingerprint density at radius 2 is 1.95 bits per heavy atom. The molecule has 1 amide bonds. The van der Waals surface area contributed by atoms with Gasteiger partial charge < -0.3 is 10.2 Å². The van der Waals surface area contributed by atoms with Gasteiger partial charge in [0.25, 0.3) is 0 Å². The fraction of sp³-hybridized carbons (Fsp3) is 0.562. The molecule has 1 heterocycles. The molecule has 3 nitrogen and oxygen atoms in total. The molecule has 0 saturated carbocycles. The van der Waals surface area contributed by atoms with E-state index in [4.69, 9.17) is 11.6 Å². The second-order valence-electron chi connectivity index (χ2n) is 5.50. The molecule has 22 heavy (non-hydrogen) atoms. The minimum absolute atomic E-state index is 0. The summed E-state index contributed by atoms with van der Waals surface area (Å²) in [6.07, 6.45) is 2.24. The first kappa shape index (κ1) is 19.6. The van der Waals surface area contributed by atoms with Gasteiger partial charge in [0.15, 0.2) is 0 Å². The van der Waals surface area contributed by atoms with E-state index in [2.05, 4.69) is 5.32 Å². The maximum absolute atomic E-state index is 12.2. The maximum atomic E-state index is 12.2. The number of benzene rings is 1. The van der Waals surface area contributed by atoms with Crippen molar-refractivity contribution in [3.8, 4) is 0 Å². The zero-order chi connectivity index (χ0) is 15.1. The number of hydrogen-bond acceptors (Lipinski definition) is 3. The molecule has 0 radical (unpaired) electrons. The van der Waals surface area contributed by atoms with Crippen molar-refractivity contribution >= 4 is 41.7 Å². The monoisotopic (exact) mass is 362 g/mol. The van der Waals surface area contributed by atoms with Gasteiger partial charge in [0.05, 0.1) is 5.75 Å². The van der Waals surface area contributed by atoms with E-state index in [1.54, 1.807) is 11.8 Å². The molecular weight excluding hydrogens is 339 g/mol. The van der Waals surface area contributed by atoms with E-state index in [1.807, 2.05) is 36.2 Å². The van der Waals surface area contributed by atoms with Crippen molar-refractivity contribution in [1.29, 1.82) is 0 Å². The van der Waals surface area contributed by atoms with Gasteiger partial charge in [0.2, 0.25) is 5.91 Å². The highest BCUT2D eigenvalue weighted by Gasteiger charge is 2.21. The highest BCUT2D eigenvalue weighted by atomic mass is 35.5. The van der Waals surface area contributed by atoms with Crippen LogP contribution in [0.4, 0.5) is 0 Å². The number of nitrogens with one attached hydrogen (secondary N) is 1. The zero-order valence-electron chi connectivity index (χ0n) is 12.9. The molecular formula is C16H24Cl2N2OS. The molecule has 1 aliphatic rings. The highest BCUT2D eigenvalue weighted by Crippen LogP contribution is 2.19. The molecule has 0 aromatic heterocycles. The molecule has 0 bridgehead atoms. The van der Waals surface area contributed by atoms with E-state index in [0.717, 1.165) is 49.2 Å². The van der Waals surface area contributed by atoms with Crippen LogP contribution in [-0.2, 0) is 10.5 Å². The smallest absolute Gasteiger partial charge is 0.232 e. The molecule has 1 aromatic carbocycles. The lowest BCUT2D eigenvalue weighted by Gasteiger charge is -2.31. The van der Waals surface area contributed by atoms with Crippen molar-refractivity contribution in [3.05, 3.63) is 34.9 Å². The first-order valence-electron chi connectivity index (χ1n) is 7.43. The average molecular weight is 363 g/mol. The first-order chi connectivity index (χ1) is 10.2. The molecule has 0 aliphatic carbocycles. The Morgan fingerprint density at radius 3 is 2.55 bits per heavy atom. The standard InChI is InChI=1S/C16H23ClN2OS.ClH/c1-18-10-13-6-8-19(9-7-13)16(20)12-21-11-14-2-4-15(17)5-3-14;/h2-5,13,18H,6-12H2,1H3;1H. The second kappa shape index (κ2) is 10.4. The van der Waals surface area contributed by atoms with Crippen molar-refractivity contribution < 1.29 is 4.79 Å². The summed E-state index contributed by atoms with van der Waals surface area (Å²) in [5.41, 5.74) is 1.21. The third kappa shape index (κ3) is 6.37. The van der Waals surface area contributed by atoms with Gasteiger partial charge in [-0.2, -0.15) is 0 Å². The Balaban J connectivity index is 0.00000242. The predicted octanol–water partition coefficient (Wildman–Crippen LogP) is 3.45. The number of carbonyl (C=O) groups excluding carboxylic acids is 1. The first-order valence-corrected chi connectivity index (χ1v) is 8.97. The maximum Gasteiger partial charge on any atom is 0.232 e. The molecule has 1 fully saturated rings. The fourth-order valence-electron chi connectivity index (χ4n) is 2.60. The SMILES string of the molecule is CNCC1CCN(C(=O)CSCc2ccc(Cl)cc2)CC1.Cl. The van der Waals surface area contributed by atoms with Gasteiger partial charge in [0.1, 0.15) is 0 Å². The van der Waals surface area contributed by atoms with Crippen LogP contribution in [0.5, 0.6) is 0 Å². The Hall–Kier alpha value is -0.420. The van der Waals surface area contributed by atoms with Gasteiger partial charge >= 0.3 is 0 Å². The number of amides is 1. The van der Waals surface area contributed by atoms with Gasteiger partial charge in [-0.15, -0.1) is 24.2 Å². The number of hydrogen-bond donors (Lipinski definition) is 1. The number of likely N-dealkylation sites (tertiary alicyclic amines) is 1. The fourth-order valence-corrected chi connectivity index (χ4v) is 3.62. The van der Waals surface area contributed by atoms with Crippen molar-refractivity contribution in [3.63, 3.8) is 0 Å². The largest absolute Gasteiger partial charge is 0.342 e. The summed E-state index contributed by atoms with van der Waals surface area (Å²) >= 11 is 7.54. The van der Waals surface area contributed by atoms with Crippen LogP contribution in [0.2, 0.25) is 5.02 Å². The second-order valence-corrected chi connectivity index (χ2v) is 6.92. The van der Waals surface area contributed by atoms with E-state index in [-0.39, 0.29) is 18.3 Å². The Bertz CT molecular complexity index is 448. The van der Waals surface area contributed by atoms with Crippen LogP contribution >= 0.6 is 35.8 Å². The molecule has 1 aliphatic heterocycles. The van der Waals surface area contributed by atoms with Crippen molar-refractivity contribution in [1.82, 2.24) is 10.2 Å². The topological polar surface area (TPSA) is 32.3 Å². The molecule has 1 saturated heterocycles.